The maximum Gasteiger partial charge on any atom is 0.167 e. The van der Waals surface area contributed by atoms with Gasteiger partial charge in [-0.2, -0.15) is 0 Å². The van der Waals surface area contributed by atoms with Gasteiger partial charge in [0.2, 0.25) is 0 Å². The Bertz CT molecular complexity index is 2760. The standard InChI is InChI=1S/C51H43N3O/c1-5-7-21-36-34(6-2)44(39-28-27-37-35-22-14-15-25-42(35)51(3,4)46(37)45(36)39)33-26-29-43-41(30-33)38-23-16-24-40(47(38)55-43)50-53-48(31-17-10-8-11-18-31)52-49(54-50)32-19-12-9-13-20-32/h5-12,14-19,22-30,34,36,44H,2,13,20-21H2,1,3-4H3/b7-5+/t34?,36?,44-/m1/s1. The Morgan fingerprint density at radius 2 is 1.60 bits per heavy atom. The number of hydrogen-bond acceptors (Lipinski definition) is 4. The second kappa shape index (κ2) is 13.0. The SMILES string of the molecule is C=CC1C(C/C=C/C)c2c(ccc3c2C(C)(C)c2ccccc2-3)[C@@H]1c1ccc2oc3c(-c4nc(C5=CC=CCC5)nc(-c5ccccc5)n4)cccc3c2c1. The van der Waals surface area contributed by atoms with Gasteiger partial charge in [0.05, 0.1) is 5.56 Å². The van der Waals surface area contributed by atoms with E-state index < -0.39 is 0 Å². The highest BCUT2D eigenvalue weighted by Gasteiger charge is 2.46. The molecule has 5 aromatic carbocycles. The van der Waals surface area contributed by atoms with Gasteiger partial charge in [0.15, 0.2) is 17.5 Å². The van der Waals surface area contributed by atoms with Crippen LogP contribution in [0.2, 0.25) is 0 Å². The molecule has 55 heavy (non-hydrogen) atoms. The summed E-state index contributed by atoms with van der Waals surface area (Å²) in [4.78, 5) is 15.1. The van der Waals surface area contributed by atoms with Crippen molar-refractivity contribution in [2.24, 2.45) is 5.92 Å². The molecule has 10 rings (SSSR count). The summed E-state index contributed by atoms with van der Waals surface area (Å²) in [7, 11) is 0. The van der Waals surface area contributed by atoms with Gasteiger partial charge < -0.3 is 4.42 Å². The van der Waals surface area contributed by atoms with Crippen LogP contribution in [0.3, 0.4) is 0 Å². The number of para-hydroxylation sites is 1. The van der Waals surface area contributed by atoms with Crippen molar-refractivity contribution in [3.05, 3.63) is 180 Å². The van der Waals surface area contributed by atoms with Gasteiger partial charge in [-0.3, -0.25) is 0 Å². The van der Waals surface area contributed by atoms with E-state index in [2.05, 4.69) is 149 Å². The van der Waals surface area contributed by atoms with E-state index in [1.165, 1.54) is 38.9 Å². The van der Waals surface area contributed by atoms with Gasteiger partial charge in [-0.25, -0.2) is 15.0 Å². The number of hydrogen-bond donors (Lipinski definition) is 0. The molecule has 0 fully saturated rings. The molecular weight excluding hydrogens is 671 g/mol. The molecule has 0 spiro atoms. The van der Waals surface area contributed by atoms with Crippen LogP contribution in [0, 0.1) is 5.92 Å². The summed E-state index contributed by atoms with van der Waals surface area (Å²) in [6.45, 7) is 11.4. The summed E-state index contributed by atoms with van der Waals surface area (Å²) in [6.07, 6.45) is 16.0. The highest BCUT2D eigenvalue weighted by atomic mass is 16.3. The summed E-state index contributed by atoms with van der Waals surface area (Å²) < 4.78 is 6.75. The molecule has 3 aliphatic rings. The highest BCUT2D eigenvalue weighted by molar-refractivity contribution is 6.09. The van der Waals surface area contributed by atoms with Gasteiger partial charge in [0.1, 0.15) is 11.2 Å². The zero-order valence-corrected chi connectivity index (χ0v) is 31.6. The van der Waals surface area contributed by atoms with Crippen molar-refractivity contribution in [3.8, 4) is 33.9 Å². The topological polar surface area (TPSA) is 51.8 Å². The van der Waals surface area contributed by atoms with Gasteiger partial charge in [0.25, 0.3) is 0 Å². The Labute approximate surface area is 322 Å². The van der Waals surface area contributed by atoms with E-state index in [9.17, 15) is 0 Å². The minimum absolute atomic E-state index is 0.0906. The van der Waals surface area contributed by atoms with Crippen molar-refractivity contribution in [1.29, 1.82) is 0 Å². The predicted octanol–water partition coefficient (Wildman–Crippen LogP) is 13.1. The fourth-order valence-corrected chi connectivity index (χ4v) is 9.82. The summed E-state index contributed by atoms with van der Waals surface area (Å²) in [5.41, 5.74) is 14.4. The fraction of sp³-hybridized carbons (Fsp3) is 0.196. The molecule has 0 aliphatic heterocycles. The molecule has 0 radical (unpaired) electrons. The lowest BCUT2D eigenvalue weighted by molar-refractivity contribution is 0.505. The molecular formula is C51H43N3O. The number of fused-ring (bicyclic) bond motifs is 8. The van der Waals surface area contributed by atoms with Crippen LogP contribution < -0.4 is 0 Å². The number of rotatable bonds is 7. The molecule has 3 atom stereocenters. The largest absolute Gasteiger partial charge is 0.455 e. The van der Waals surface area contributed by atoms with Crippen molar-refractivity contribution in [2.45, 2.75) is 57.3 Å². The van der Waals surface area contributed by atoms with Gasteiger partial charge in [-0.15, -0.1) is 6.58 Å². The summed E-state index contributed by atoms with van der Waals surface area (Å²) in [5.74, 6) is 2.73. The molecule has 7 aromatic rings. The van der Waals surface area contributed by atoms with Crippen LogP contribution in [0.25, 0.3) is 61.4 Å². The number of nitrogens with zero attached hydrogens (tertiary/aromatic N) is 3. The van der Waals surface area contributed by atoms with E-state index in [4.69, 9.17) is 19.4 Å². The number of furan rings is 1. The number of benzene rings is 5. The lowest BCUT2D eigenvalue weighted by Gasteiger charge is -2.27. The first-order valence-electron chi connectivity index (χ1n) is 19.6. The van der Waals surface area contributed by atoms with Crippen LogP contribution in [-0.2, 0) is 5.41 Å². The second-order valence-corrected chi connectivity index (χ2v) is 15.7. The van der Waals surface area contributed by atoms with Crippen molar-refractivity contribution < 1.29 is 4.42 Å². The smallest absolute Gasteiger partial charge is 0.167 e. The van der Waals surface area contributed by atoms with Gasteiger partial charge >= 0.3 is 0 Å². The van der Waals surface area contributed by atoms with Crippen LogP contribution in [0.1, 0.15) is 85.5 Å². The molecule has 2 heterocycles. The van der Waals surface area contributed by atoms with Gasteiger partial charge in [-0.05, 0) is 101 Å². The van der Waals surface area contributed by atoms with Crippen molar-refractivity contribution in [3.63, 3.8) is 0 Å². The average molecular weight is 714 g/mol. The summed E-state index contributed by atoms with van der Waals surface area (Å²) in [6, 6.07) is 37.1. The van der Waals surface area contributed by atoms with E-state index in [0.717, 1.165) is 57.9 Å². The zero-order valence-electron chi connectivity index (χ0n) is 31.6. The Morgan fingerprint density at radius 3 is 2.42 bits per heavy atom. The number of aromatic nitrogens is 3. The molecule has 3 aliphatic carbocycles. The molecule has 4 heteroatoms. The predicted molar refractivity (Wildman–Crippen MR) is 226 cm³/mol. The fourth-order valence-electron chi connectivity index (χ4n) is 9.82. The first kappa shape index (κ1) is 33.4. The maximum absolute atomic E-state index is 6.75. The van der Waals surface area contributed by atoms with E-state index in [1.807, 2.05) is 18.2 Å². The van der Waals surface area contributed by atoms with Crippen molar-refractivity contribution in [1.82, 2.24) is 15.0 Å². The zero-order chi connectivity index (χ0) is 37.3. The first-order chi connectivity index (χ1) is 27.0. The third-order valence-corrected chi connectivity index (χ3v) is 12.3. The lowest BCUT2D eigenvalue weighted by Crippen LogP contribution is -2.19. The monoisotopic (exact) mass is 713 g/mol. The van der Waals surface area contributed by atoms with E-state index in [-0.39, 0.29) is 17.3 Å². The molecule has 268 valence electrons. The molecule has 4 nitrogen and oxygen atoms in total. The summed E-state index contributed by atoms with van der Waals surface area (Å²) in [5, 5.41) is 2.16. The Kier molecular flexibility index (Phi) is 7.92. The van der Waals surface area contributed by atoms with Crippen LogP contribution in [0.15, 0.2) is 151 Å². The van der Waals surface area contributed by atoms with Crippen LogP contribution in [-0.4, -0.2) is 15.0 Å². The first-order valence-corrected chi connectivity index (χ1v) is 19.6. The van der Waals surface area contributed by atoms with E-state index in [0.29, 0.717) is 23.4 Å². The average Bonchev–Trinajstić information content (AvgIpc) is 3.85. The third kappa shape index (κ3) is 5.22. The Hall–Kier alpha value is -6.13. The van der Waals surface area contributed by atoms with Crippen LogP contribution in [0.5, 0.6) is 0 Å². The molecule has 0 amide bonds. The quantitative estimate of drug-likeness (QED) is 0.154. The van der Waals surface area contributed by atoms with E-state index >= 15 is 0 Å². The second-order valence-electron chi connectivity index (χ2n) is 15.7. The normalized spacial score (nSPS) is 19.5. The van der Waals surface area contributed by atoms with Crippen LogP contribution in [0.4, 0.5) is 0 Å². The molecule has 2 aromatic heterocycles. The minimum Gasteiger partial charge on any atom is -0.455 e. The Balaban J connectivity index is 1.13. The third-order valence-electron chi connectivity index (χ3n) is 12.3. The summed E-state index contributed by atoms with van der Waals surface area (Å²) >= 11 is 0. The van der Waals surface area contributed by atoms with Crippen molar-refractivity contribution in [2.75, 3.05) is 0 Å². The highest BCUT2D eigenvalue weighted by Crippen LogP contribution is 2.60. The lowest BCUT2D eigenvalue weighted by atomic mass is 9.76. The maximum atomic E-state index is 6.75. The minimum atomic E-state index is -0.0906. The van der Waals surface area contributed by atoms with Crippen LogP contribution >= 0.6 is 0 Å². The Morgan fingerprint density at radius 1 is 0.800 bits per heavy atom. The van der Waals surface area contributed by atoms with E-state index in [1.54, 1.807) is 0 Å². The molecule has 0 saturated carbocycles. The molecule has 0 N–H and O–H groups in total. The molecule has 0 saturated heterocycles. The van der Waals surface area contributed by atoms with Gasteiger partial charge in [0, 0.05) is 27.7 Å². The number of allylic oxidation sites excluding steroid dienone is 7. The molecule has 0 bridgehead atoms. The molecule has 2 unspecified atom stereocenters. The van der Waals surface area contributed by atoms with Gasteiger partial charge in [-0.1, -0.05) is 135 Å². The van der Waals surface area contributed by atoms with Crippen molar-refractivity contribution >= 4 is 27.5 Å².